The van der Waals surface area contributed by atoms with E-state index in [2.05, 4.69) is 0 Å². The molecule has 6 heteroatoms. The Balaban J connectivity index is 2.68. The van der Waals surface area contributed by atoms with Crippen LogP contribution in [0.4, 0.5) is 0 Å². The average molecular weight is 282 g/mol. The molecule has 5 nitrogen and oxygen atoms in total. The van der Waals surface area contributed by atoms with Crippen molar-refractivity contribution in [1.82, 2.24) is 4.90 Å². The third-order valence-electron chi connectivity index (χ3n) is 2.66. The molecule has 0 heterocycles. The van der Waals surface area contributed by atoms with Crippen molar-refractivity contribution in [3.8, 4) is 6.07 Å². The second-order valence-electron chi connectivity index (χ2n) is 4.57. The van der Waals surface area contributed by atoms with Gasteiger partial charge in [0, 0.05) is 13.1 Å². The zero-order chi connectivity index (χ0) is 14.5. The number of sulfone groups is 1. The summed E-state index contributed by atoms with van der Waals surface area (Å²) in [5.74, 6) is -0.0118. The molecule has 0 saturated heterocycles. The molecule has 104 valence electrons. The molecule has 0 saturated carbocycles. The summed E-state index contributed by atoms with van der Waals surface area (Å²) in [5, 5.41) is 17.9. The Morgan fingerprint density at radius 1 is 1.37 bits per heavy atom. The summed E-state index contributed by atoms with van der Waals surface area (Å²) < 4.78 is 24.1. The molecule has 1 rings (SSSR count). The molecule has 1 unspecified atom stereocenters. The van der Waals surface area contributed by atoms with Crippen LogP contribution in [0.5, 0.6) is 0 Å². The van der Waals surface area contributed by atoms with Crippen LogP contribution in [0.3, 0.4) is 0 Å². The highest BCUT2D eigenvalue weighted by atomic mass is 32.2. The van der Waals surface area contributed by atoms with Gasteiger partial charge in [-0.05, 0) is 38.2 Å². The molecule has 0 bridgehead atoms. The van der Waals surface area contributed by atoms with E-state index in [0.29, 0.717) is 18.7 Å². The van der Waals surface area contributed by atoms with Crippen molar-refractivity contribution in [2.24, 2.45) is 0 Å². The minimum absolute atomic E-state index is 0.0118. The number of aliphatic hydroxyl groups is 1. The molecular formula is C13H18N2O3S. The lowest BCUT2D eigenvalue weighted by Crippen LogP contribution is -2.31. The van der Waals surface area contributed by atoms with Gasteiger partial charge in [0.05, 0.1) is 28.4 Å². The molecule has 1 aromatic carbocycles. The van der Waals surface area contributed by atoms with Crippen LogP contribution >= 0.6 is 0 Å². The quantitative estimate of drug-likeness (QED) is 0.828. The van der Waals surface area contributed by atoms with Crippen LogP contribution in [-0.4, -0.2) is 50.4 Å². The van der Waals surface area contributed by atoms with Gasteiger partial charge in [0.2, 0.25) is 0 Å². The summed E-state index contributed by atoms with van der Waals surface area (Å²) in [6.07, 6.45) is -0.484. The topological polar surface area (TPSA) is 81.4 Å². The molecule has 0 aliphatic carbocycles. The lowest BCUT2D eigenvalue weighted by molar-refractivity contribution is 0.145. The van der Waals surface area contributed by atoms with E-state index in [4.69, 9.17) is 5.26 Å². The Hall–Kier alpha value is -1.42. The fourth-order valence-corrected chi connectivity index (χ4v) is 3.01. The molecule has 0 spiro atoms. The second-order valence-corrected chi connectivity index (χ2v) is 6.68. The van der Waals surface area contributed by atoms with Crippen LogP contribution in [0.1, 0.15) is 12.5 Å². The van der Waals surface area contributed by atoms with Gasteiger partial charge in [-0.25, -0.2) is 8.42 Å². The third kappa shape index (κ3) is 4.99. The van der Waals surface area contributed by atoms with Gasteiger partial charge in [-0.2, -0.15) is 5.26 Å². The van der Waals surface area contributed by atoms with Crippen LogP contribution in [0.2, 0.25) is 0 Å². The fraction of sp³-hybridized carbons (Fsp3) is 0.462. The maximum absolute atomic E-state index is 12.0. The largest absolute Gasteiger partial charge is 0.392 e. The maximum Gasteiger partial charge on any atom is 0.179 e. The molecule has 1 atom stereocenters. The highest BCUT2D eigenvalue weighted by molar-refractivity contribution is 7.91. The molecule has 1 aromatic rings. The molecule has 0 aliphatic rings. The van der Waals surface area contributed by atoms with Crippen molar-refractivity contribution in [3.63, 3.8) is 0 Å². The van der Waals surface area contributed by atoms with E-state index >= 15 is 0 Å². The first-order valence-corrected chi connectivity index (χ1v) is 7.60. The first-order valence-electron chi connectivity index (χ1n) is 5.94. The number of hydrogen-bond acceptors (Lipinski definition) is 5. The van der Waals surface area contributed by atoms with Crippen LogP contribution in [-0.2, 0) is 9.84 Å². The predicted octanol–water partition coefficient (Wildman–Crippen LogP) is 0.645. The van der Waals surface area contributed by atoms with E-state index in [0.717, 1.165) is 0 Å². The number of benzene rings is 1. The van der Waals surface area contributed by atoms with Crippen molar-refractivity contribution < 1.29 is 13.5 Å². The highest BCUT2D eigenvalue weighted by Gasteiger charge is 2.15. The SMILES string of the molecule is CC(O)CN(C)CCS(=O)(=O)c1ccc(C#N)cc1. The van der Waals surface area contributed by atoms with Crippen molar-refractivity contribution >= 4 is 9.84 Å². The van der Waals surface area contributed by atoms with Crippen molar-refractivity contribution in [2.45, 2.75) is 17.9 Å². The van der Waals surface area contributed by atoms with E-state index in [-0.39, 0.29) is 10.6 Å². The van der Waals surface area contributed by atoms with Crippen LogP contribution in [0, 0.1) is 11.3 Å². The monoisotopic (exact) mass is 282 g/mol. The van der Waals surface area contributed by atoms with Crippen molar-refractivity contribution in [3.05, 3.63) is 29.8 Å². The van der Waals surface area contributed by atoms with Gasteiger partial charge < -0.3 is 10.0 Å². The lowest BCUT2D eigenvalue weighted by Gasteiger charge is -2.18. The number of rotatable bonds is 6. The minimum Gasteiger partial charge on any atom is -0.392 e. The van der Waals surface area contributed by atoms with Gasteiger partial charge in [0.25, 0.3) is 0 Å². The lowest BCUT2D eigenvalue weighted by atomic mass is 10.2. The standard InChI is InChI=1S/C13H18N2O3S/c1-11(16)10-15(2)7-8-19(17,18)13-5-3-12(9-14)4-6-13/h3-6,11,16H,7-8,10H2,1-2H3. The summed E-state index contributed by atoms with van der Waals surface area (Å²) >= 11 is 0. The van der Waals surface area contributed by atoms with Gasteiger partial charge >= 0.3 is 0 Å². The van der Waals surface area contributed by atoms with Crippen molar-refractivity contribution in [1.29, 1.82) is 5.26 Å². The third-order valence-corrected chi connectivity index (χ3v) is 4.37. The van der Waals surface area contributed by atoms with Crippen LogP contribution < -0.4 is 0 Å². The Kier molecular flexibility index (Phi) is 5.48. The van der Waals surface area contributed by atoms with E-state index in [1.165, 1.54) is 24.3 Å². The van der Waals surface area contributed by atoms with E-state index in [9.17, 15) is 13.5 Å². The van der Waals surface area contributed by atoms with Crippen LogP contribution in [0.25, 0.3) is 0 Å². The molecular weight excluding hydrogens is 264 g/mol. The molecule has 19 heavy (non-hydrogen) atoms. The molecule has 0 radical (unpaired) electrons. The smallest absolute Gasteiger partial charge is 0.179 e. The van der Waals surface area contributed by atoms with Gasteiger partial charge in [0.1, 0.15) is 0 Å². The summed E-state index contributed by atoms with van der Waals surface area (Å²) in [5.41, 5.74) is 0.435. The second kappa shape index (κ2) is 6.66. The zero-order valence-electron chi connectivity index (χ0n) is 11.1. The van der Waals surface area contributed by atoms with Crippen molar-refractivity contribution in [2.75, 3.05) is 25.9 Å². The molecule has 0 aromatic heterocycles. The van der Waals surface area contributed by atoms with E-state index in [1.807, 2.05) is 6.07 Å². The first-order chi connectivity index (χ1) is 8.85. The minimum atomic E-state index is -3.35. The summed E-state index contributed by atoms with van der Waals surface area (Å²) in [7, 11) is -1.58. The summed E-state index contributed by atoms with van der Waals surface area (Å²) in [4.78, 5) is 1.99. The van der Waals surface area contributed by atoms with Crippen LogP contribution in [0.15, 0.2) is 29.2 Å². The number of aliphatic hydroxyl groups excluding tert-OH is 1. The Bertz CT molecular complexity index is 544. The van der Waals surface area contributed by atoms with Gasteiger partial charge in [-0.1, -0.05) is 0 Å². The van der Waals surface area contributed by atoms with Gasteiger partial charge in [0.15, 0.2) is 9.84 Å². The molecule has 0 fully saturated rings. The summed E-state index contributed by atoms with van der Waals surface area (Å²) in [6.45, 7) is 2.45. The average Bonchev–Trinajstić information content (AvgIpc) is 2.36. The maximum atomic E-state index is 12.0. The number of nitriles is 1. The highest BCUT2D eigenvalue weighted by Crippen LogP contribution is 2.12. The summed E-state index contributed by atoms with van der Waals surface area (Å²) in [6, 6.07) is 7.83. The first kappa shape index (κ1) is 15.6. The fourth-order valence-electron chi connectivity index (χ4n) is 1.67. The number of likely N-dealkylation sites (N-methyl/N-ethyl adjacent to an activating group) is 1. The van der Waals surface area contributed by atoms with E-state index < -0.39 is 15.9 Å². The van der Waals surface area contributed by atoms with Gasteiger partial charge in [-0.3, -0.25) is 0 Å². The van der Waals surface area contributed by atoms with Gasteiger partial charge in [-0.15, -0.1) is 0 Å². The normalized spacial score (nSPS) is 13.2. The Labute approximate surface area is 114 Å². The molecule has 1 N–H and O–H groups in total. The Morgan fingerprint density at radius 2 is 1.95 bits per heavy atom. The van der Waals surface area contributed by atoms with E-state index in [1.54, 1.807) is 18.9 Å². The molecule has 0 amide bonds. The number of nitrogens with zero attached hydrogens (tertiary/aromatic N) is 2. The Morgan fingerprint density at radius 3 is 2.42 bits per heavy atom. The zero-order valence-corrected chi connectivity index (χ0v) is 11.9. The predicted molar refractivity (Wildman–Crippen MR) is 72.4 cm³/mol. The number of hydrogen-bond donors (Lipinski definition) is 1. The molecule has 0 aliphatic heterocycles.